The summed E-state index contributed by atoms with van der Waals surface area (Å²) in [5.74, 6) is 0.552. The molecule has 0 aliphatic rings. The smallest absolute Gasteiger partial charge is 0.148 e. The molecule has 0 unspecified atom stereocenters. The van der Waals surface area contributed by atoms with Crippen molar-refractivity contribution in [2.75, 3.05) is 5.73 Å². The van der Waals surface area contributed by atoms with Gasteiger partial charge in [0.2, 0.25) is 0 Å². The van der Waals surface area contributed by atoms with Gasteiger partial charge in [-0.1, -0.05) is 0 Å². The molecule has 0 saturated heterocycles. The van der Waals surface area contributed by atoms with Gasteiger partial charge in [0.25, 0.3) is 0 Å². The minimum atomic E-state index is 0.552. The van der Waals surface area contributed by atoms with Gasteiger partial charge in [-0.15, -0.1) is 0 Å². The van der Waals surface area contributed by atoms with Crippen molar-refractivity contribution in [3.05, 3.63) is 17.1 Å². The van der Waals surface area contributed by atoms with E-state index in [2.05, 4.69) is 14.6 Å². The second kappa shape index (κ2) is 2.60. The summed E-state index contributed by atoms with van der Waals surface area (Å²) in [6.07, 6.45) is 1.80. The van der Waals surface area contributed by atoms with Gasteiger partial charge in [0.1, 0.15) is 5.82 Å². The number of nitrogens with two attached hydrogens (primary N) is 1. The molecule has 62 valence electrons. The number of nitrogens with one attached hydrogen (secondary N) is 1. The van der Waals surface area contributed by atoms with Gasteiger partial charge in [0.15, 0.2) is 0 Å². The third-order valence-corrected chi connectivity index (χ3v) is 2.35. The first-order valence-electron chi connectivity index (χ1n) is 3.49. The summed E-state index contributed by atoms with van der Waals surface area (Å²) in [4.78, 5) is 0. The van der Waals surface area contributed by atoms with Gasteiger partial charge in [0, 0.05) is 16.5 Å². The first-order chi connectivity index (χ1) is 5.79. The van der Waals surface area contributed by atoms with Crippen molar-refractivity contribution in [3.63, 3.8) is 0 Å². The van der Waals surface area contributed by atoms with Crippen LogP contribution in [0.25, 0.3) is 11.3 Å². The molecule has 0 saturated carbocycles. The summed E-state index contributed by atoms with van der Waals surface area (Å²) in [6, 6.07) is 0. The zero-order chi connectivity index (χ0) is 8.55. The molecule has 5 heteroatoms. The van der Waals surface area contributed by atoms with Crippen LogP contribution < -0.4 is 5.73 Å². The predicted molar refractivity (Wildman–Crippen MR) is 48.8 cm³/mol. The van der Waals surface area contributed by atoms with Crippen molar-refractivity contribution >= 4 is 17.4 Å². The summed E-state index contributed by atoms with van der Waals surface area (Å²) in [5, 5.41) is 8.73. The number of hydrogen-bond acceptors (Lipinski definition) is 4. The highest BCUT2D eigenvalue weighted by Gasteiger charge is 2.08. The number of aromatic amines is 1. The van der Waals surface area contributed by atoms with Crippen LogP contribution in [0.3, 0.4) is 0 Å². The lowest BCUT2D eigenvalue weighted by molar-refractivity contribution is 1.10. The average Bonchev–Trinajstić information content (AvgIpc) is 2.64. The van der Waals surface area contributed by atoms with Gasteiger partial charge in [-0.25, -0.2) is 4.37 Å². The summed E-state index contributed by atoms with van der Waals surface area (Å²) < 4.78 is 4.00. The maximum Gasteiger partial charge on any atom is 0.148 e. The summed E-state index contributed by atoms with van der Waals surface area (Å²) in [5.41, 5.74) is 8.57. The fourth-order valence-electron chi connectivity index (χ4n) is 1.02. The maximum atomic E-state index is 5.59. The zero-order valence-corrected chi connectivity index (χ0v) is 7.35. The lowest BCUT2D eigenvalue weighted by Gasteiger charge is -1.91. The molecule has 0 spiro atoms. The molecule has 12 heavy (non-hydrogen) atoms. The molecule has 0 fully saturated rings. The highest BCUT2D eigenvalue weighted by molar-refractivity contribution is 7.03. The molecule has 2 aromatic heterocycles. The number of hydrogen-bond donors (Lipinski definition) is 2. The lowest BCUT2D eigenvalue weighted by atomic mass is 10.2. The Bertz CT molecular complexity index is 376. The van der Waals surface area contributed by atoms with E-state index in [4.69, 9.17) is 5.73 Å². The number of aromatic nitrogens is 3. The summed E-state index contributed by atoms with van der Waals surface area (Å²) in [7, 11) is 0. The van der Waals surface area contributed by atoms with Gasteiger partial charge in [0.05, 0.1) is 11.9 Å². The minimum Gasteiger partial charge on any atom is -0.382 e. The minimum absolute atomic E-state index is 0.552. The van der Waals surface area contributed by atoms with E-state index in [1.54, 1.807) is 6.20 Å². The van der Waals surface area contributed by atoms with Crippen molar-refractivity contribution in [2.24, 2.45) is 0 Å². The number of H-pyrrole nitrogens is 1. The van der Waals surface area contributed by atoms with Crippen LogP contribution in [-0.4, -0.2) is 14.6 Å². The standard InChI is InChI=1S/C7H8N4S/c1-4-6(10-11-7(4)8)5-2-9-12-3-5/h2-3H,1H3,(H3,8,10,11). The molecule has 2 heterocycles. The molecule has 2 aromatic rings. The van der Waals surface area contributed by atoms with Crippen molar-refractivity contribution in [3.8, 4) is 11.3 Å². The second-order valence-corrected chi connectivity index (χ2v) is 3.18. The van der Waals surface area contributed by atoms with Crippen molar-refractivity contribution in [2.45, 2.75) is 6.92 Å². The Hall–Kier alpha value is -1.36. The lowest BCUT2D eigenvalue weighted by Crippen LogP contribution is -1.85. The van der Waals surface area contributed by atoms with Gasteiger partial charge >= 0.3 is 0 Å². The largest absolute Gasteiger partial charge is 0.382 e. The normalized spacial score (nSPS) is 10.4. The molecule has 4 nitrogen and oxygen atoms in total. The van der Waals surface area contributed by atoms with Crippen LogP contribution >= 0.6 is 11.5 Å². The van der Waals surface area contributed by atoms with Crippen LogP contribution in [0.15, 0.2) is 11.6 Å². The Kier molecular flexibility index (Phi) is 1.58. The monoisotopic (exact) mass is 180 g/mol. The van der Waals surface area contributed by atoms with E-state index in [0.29, 0.717) is 5.82 Å². The van der Waals surface area contributed by atoms with E-state index >= 15 is 0 Å². The Morgan fingerprint density at radius 3 is 2.92 bits per heavy atom. The average molecular weight is 180 g/mol. The Morgan fingerprint density at radius 1 is 1.58 bits per heavy atom. The fourth-order valence-corrected chi connectivity index (χ4v) is 1.55. The van der Waals surface area contributed by atoms with Gasteiger partial charge in [-0.2, -0.15) is 5.10 Å². The zero-order valence-electron chi connectivity index (χ0n) is 6.53. The fraction of sp³-hybridized carbons (Fsp3) is 0.143. The molecule has 2 rings (SSSR count). The number of nitrogen functional groups attached to an aromatic ring is 1. The molecule has 0 aliphatic carbocycles. The predicted octanol–water partition coefficient (Wildman–Crippen LogP) is 1.42. The van der Waals surface area contributed by atoms with Crippen molar-refractivity contribution < 1.29 is 0 Å². The molecular weight excluding hydrogens is 172 g/mol. The van der Waals surface area contributed by atoms with E-state index in [9.17, 15) is 0 Å². The van der Waals surface area contributed by atoms with Crippen LogP contribution in [0.5, 0.6) is 0 Å². The molecule has 3 N–H and O–H groups in total. The van der Waals surface area contributed by atoms with E-state index in [0.717, 1.165) is 16.8 Å². The summed E-state index contributed by atoms with van der Waals surface area (Å²) >= 11 is 1.41. The van der Waals surface area contributed by atoms with Crippen LogP contribution in [0.2, 0.25) is 0 Å². The number of anilines is 1. The van der Waals surface area contributed by atoms with Gasteiger partial charge in [-0.3, -0.25) is 5.10 Å². The first-order valence-corrected chi connectivity index (χ1v) is 4.33. The van der Waals surface area contributed by atoms with Gasteiger partial charge < -0.3 is 5.73 Å². The van der Waals surface area contributed by atoms with E-state index in [1.165, 1.54) is 11.5 Å². The number of rotatable bonds is 1. The van der Waals surface area contributed by atoms with Crippen LogP contribution in [0.4, 0.5) is 5.82 Å². The highest BCUT2D eigenvalue weighted by atomic mass is 32.1. The molecule has 0 aliphatic heterocycles. The molecule has 0 bridgehead atoms. The van der Waals surface area contributed by atoms with E-state index in [-0.39, 0.29) is 0 Å². The first kappa shape index (κ1) is 7.30. The quantitative estimate of drug-likeness (QED) is 0.697. The summed E-state index contributed by atoms with van der Waals surface area (Å²) in [6.45, 7) is 1.94. The van der Waals surface area contributed by atoms with Crippen molar-refractivity contribution in [1.82, 2.24) is 14.6 Å². The highest BCUT2D eigenvalue weighted by Crippen LogP contribution is 2.24. The van der Waals surface area contributed by atoms with E-state index in [1.807, 2.05) is 12.3 Å². The molecule has 0 amide bonds. The van der Waals surface area contributed by atoms with Crippen LogP contribution in [-0.2, 0) is 0 Å². The third kappa shape index (κ3) is 0.984. The topological polar surface area (TPSA) is 67.6 Å². The molecule has 0 aromatic carbocycles. The Labute approximate surface area is 73.6 Å². The van der Waals surface area contributed by atoms with Crippen LogP contribution in [0.1, 0.15) is 5.56 Å². The third-order valence-electron chi connectivity index (χ3n) is 1.77. The number of nitrogens with zero attached hydrogens (tertiary/aromatic N) is 2. The molecule has 0 atom stereocenters. The SMILES string of the molecule is Cc1c(N)n[nH]c1-c1cnsc1. The Balaban J connectivity index is 2.55. The molecular formula is C7H8N4S. The Morgan fingerprint density at radius 2 is 2.42 bits per heavy atom. The van der Waals surface area contributed by atoms with Crippen LogP contribution in [0, 0.1) is 6.92 Å². The van der Waals surface area contributed by atoms with Crippen molar-refractivity contribution in [1.29, 1.82) is 0 Å². The maximum absolute atomic E-state index is 5.59. The van der Waals surface area contributed by atoms with Gasteiger partial charge in [-0.05, 0) is 18.5 Å². The second-order valence-electron chi connectivity index (χ2n) is 2.52. The molecule has 0 radical (unpaired) electrons. The van der Waals surface area contributed by atoms with E-state index < -0.39 is 0 Å².